The van der Waals surface area contributed by atoms with Crippen molar-refractivity contribution in [2.75, 3.05) is 7.11 Å². The van der Waals surface area contributed by atoms with Gasteiger partial charge in [0.25, 0.3) is 0 Å². The second-order valence-corrected chi connectivity index (χ2v) is 12.3. The molecule has 0 amide bonds. The summed E-state index contributed by atoms with van der Waals surface area (Å²) < 4.78 is 18.5. The van der Waals surface area contributed by atoms with E-state index in [2.05, 4.69) is 27.7 Å². The summed E-state index contributed by atoms with van der Waals surface area (Å²) in [4.78, 5) is 27.3. The van der Waals surface area contributed by atoms with Crippen molar-refractivity contribution in [3.05, 3.63) is 81.3 Å². The van der Waals surface area contributed by atoms with E-state index in [1.807, 2.05) is 42.5 Å². The van der Waals surface area contributed by atoms with Crippen LogP contribution in [-0.2, 0) is 20.9 Å². The highest BCUT2D eigenvalue weighted by Gasteiger charge is 2.48. The highest BCUT2D eigenvalue weighted by atomic mass is 35.5. The molecule has 5 rings (SSSR count). The molecule has 1 aliphatic heterocycles. The minimum absolute atomic E-state index is 0.0142. The lowest BCUT2D eigenvalue weighted by atomic mass is 9.65. The highest BCUT2D eigenvalue weighted by molar-refractivity contribution is 6.31. The predicted octanol–water partition coefficient (Wildman–Crippen LogP) is 7.33. The molecule has 0 radical (unpaired) electrons. The zero-order chi connectivity index (χ0) is 26.5. The van der Waals surface area contributed by atoms with Crippen LogP contribution >= 0.6 is 11.6 Å². The van der Waals surface area contributed by atoms with E-state index in [-0.39, 0.29) is 29.0 Å². The van der Waals surface area contributed by atoms with Gasteiger partial charge in [-0.15, -0.1) is 0 Å². The Labute approximate surface area is 223 Å². The number of Topliss-reactive ketones (excluding diaryl/α,β-unsaturated/α-hetero) is 2. The molecule has 0 N–H and O–H groups in total. The molecule has 2 aromatic carbocycles. The molecule has 2 aliphatic carbocycles. The minimum Gasteiger partial charge on any atom is -0.493 e. The van der Waals surface area contributed by atoms with Gasteiger partial charge >= 0.3 is 0 Å². The van der Waals surface area contributed by atoms with E-state index >= 15 is 0 Å². The second kappa shape index (κ2) is 9.36. The smallest absolute Gasteiger partial charge is 0.165 e. The molecule has 37 heavy (non-hydrogen) atoms. The third kappa shape index (κ3) is 4.82. The van der Waals surface area contributed by atoms with Crippen LogP contribution in [0.5, 0.6) is 11.5 Å². The summed E-state index contributed by atoms with van der Waals surface area (Å²) >= 11 is 6.39. The lowest BCUT2D eigenvalue weighted by Crippen LogP contribution is -2.37. The zero-order valence-corrected chi connectivity index (χ0v) is 22.8. The van der Waals surface area contributed by atoms with E-state index < -0.39 is 5.92 Å². The van der Waals surface area contributed by atoms with Gasteiger partial charge in [0, 0.05) is 53.0 Å². The Kier molecular flexibility index (Phi) is 6.47. The van der Waals surface area contributed by atoms with Crippen LogP contribution in [0.2, 0.25) is 5.02 Å². The van der Waals surface area contributed by atoms with Crippen LogP contribution in [-0.4, -0.2) is 18.7 Å². The van der Waals surface area contributed by atoms with Crippen LogP contribution in [0.25, 0.3) is 0 Å². The van der Waals surface area contributed by atoms with Gasteiger partial charge in [-0.3, -0.25) is 9.59 Å². The van der Waals surface area contributed by atoms with E-state index in [4.69, 9.17) is 25.8 Å². The second-order valence-electron chi connectivity index (χ2n) is 11.8. The third-order valence-corrected chi connectivity index (χ3v) is 7.82. The fourth-order valence-corrected chi connectivity index (χ4v) is 6.02. The van der Waals surface area contributed by atoms with Gasteiger partial charge in [0.05, 0.1) is 13.0 Å². The number of allylic oxidation sites excluding steroid dienone is 4. The molecule has 2 aromatic rings. The maximum atomic E-state index is 13.7. The van der Waals surface area contributed by atoms with Gasteiger partial charge in [-0.25, -0.2) is 0 Å². The first kappa shape index (κ1) is 25.6. The summed E-state index contributed by atoms with van der Waals surface area (Å²) in [5.41, 5.74) is 2.27. The van der Waals surface area contributed by atoms with Crippen molar-refractivity contribution in [2.45, 2.75) is 65.9 Å². The van der Waals surface area contributed by atoms with E-state index in [0.29, 0.717) is 64.9 Å². The fourth-order valence-electron chi connectivity index (χ4n) is 5.83. The number of methoxy groups -OCH3 is 1. The molecule has 0 saturated carbocycles. The predicted molar refractivity (Wildman–Crippen MR) is 143 cm³/mol. The molecule has 5 nitrogen and oxygen atoms in total. The summed E-state index contributed by atoms with van der Waals surface area (Å²) in [6.07, 6.45) is 2.06. The molecule has 0 saturated heterocycles. The van der Waals surface area contributed by atoms with E-state index in [9.17, 15) is 9.59 Å². The molecule has 0 spiro atoms. The number of ketones is 2. The molecule has 0 bridgehead atoms. The Morgan fingerprint density at radius 1 is 0.865 bits per heavy atom. The van der Waals surface area contributed by atoms with Gasteiger partial charge in [0.1, 0.15) is 18.1 Å². The van der Waals surface area contributed by atoms with Crippen LogP contribution in [0, 0.1) is 10.8 Å². The fraction of sp³-hybridized carbons (Fsp3) is 0.419. The number of hydrogen-bond donors (Lipinski definition) is 0. The van der Waals surface area contributed by atoms with Gasteiger partial charge in [-0.1, -0.05) is 69.6 Å². The monoisotopic (exact) mass is 520 g/mol. The van der Waals surface area contributed by atoms with Crippen LogP contribution in [0.15, 0.2) is 65.1 Å². The molecular weight excluding hydrogens is 488 g/mol. The lowest BCUT2D eigenvalue weighted by Gasteiger charge is -2.43. The summed E-state index contributed by atoms with van der Waals surface area (Å²) in [7, 11) is 1.59. The van der Waals surface area contributed by atoms with Gasteiger partial charge in [0.15, 0.2) is 23.1 Å². The zero-order valence-electron chi connectivity index (χ0n) is 22.1. The number of benzene rings is 2. The molecule has 3 aliphatic rings. The lowest BCUT2D eigenvalue weighted by molar-refractivity contribution is -0.120. The Morgan fingerprint density at radius 3 is 2.03 bits per heavy atom. The topological polar surface area (TPSA) is 61.8 Å². The molecule has 1 heterocycles. The van der Waals surface area contributed by atoms with Gasteiger partial charge in [0.2, 0.25) is 0 Å². The van der Waals surface area contributed by atoms with Gasteiger partial charge < -0.3 is 14.2 Å². The quantitative estimate of drug-likeness (QED) is 0.413. The standard InChI is InChI=1S/C31H33ClO5/c1-30(2)13-21(33)27-24(15-30)37-25-16-31(3,4)14-22(34)28(25)26(27)19-10-8-12-23(35-5)29(19)36-17-18-9-6-7-11-20(18)32/h6-12,26H,13-17H2,1-5H3. The van der Waals surface area contributed by atoms with Crippen LogP contribution in [0.1, 0.15) is 70.4 Å². The Hall–Kier alpha value is -3.05. The normalized spacial score (nSPS) is 20.8. The third-order valence-electron chi connectivity index (χ3n) is 7.45. The number of para-hydroxylation sites is 1. The number of carbonyl (C=O) groups excluding carboxylic acids is 2. The van der Waals surface area contributed by atoms with Crippen molar-refractivity contribution < 1.29 is 23.8 Å². The largest absolute Gasteiger partial charge is 0.493 e. The SMILES string of the molecule is COc1cccc(C2C3=C(CC(C)(C)CC3=O)OC3=C2C(=O)CC(C)(C)C3)c1OCc1ccccc1Cl. The van der Waals surface area contributed by atoms with Crippen molar-refractivity contribution in [3.63, 3.8) is 0 Å². The number of halogens is 1. The van der Waals surface area contributed by atoms with E-state index in [1.54, 1.807) is 7.11 Å². The number of hydrogen-bond acceptors (Lipinski definition) is 5. The van der Waals surface area contributed by atoms with Crippen molar-refractivity contribution in [1.29, 1.82) is 0 Å². The molecular formula is C31H33ClO5. The first-order valence-corrected chi connectivity index (χ1v) is 13.1. The average Bonchev–Trinajstić information content (AvgIpc) is 2.80. The van der Waals surface area contributed by atoms with Crippen molar-refractivity contribution in [2.24, 2.45) is 10.8 Å². The van der Waals surface area contributed by atoms with Crippen molar-refractivity contribution >= 4 is 23.2 Å². The summed E-state index contributed by atoms with van der Waals surface area (Å²) in [5, 5.41) is 0.606. The van der Waals surface area contributed by atoms with Crippen molar-refractivity contribution in [3.8, 4) is 11.5 Å². The molecule has 6 heteroatoms. The van der Waals surface area contributed by atoms with E-state index in [1.165, 1.54) is 0 Å². The Balaban J connectivity index is 1.68. The van der Waals surface area contributed by atoms with Crippen LogP contribution < -0.4 is 9.47 Å². The number of rotatable bonds is 5. The first-order chi connectivity index (χ1) is 17.5. The Bertz CT molecular complexity index is 1300. The van der Waals surface area contributed by atoms with Crippen molar-refractivity contribution in [1.82, 2.24) is 0 Å². The first-order valence-electron chi connectivity index (χ1n) is 12.7. The number of carbonyl (C=O) groups is 2. The highest BCUT2D eigenvalue weighted by Crippen LogP contribution is 2.55. The Morgan fingerprint density at radius 2 is 1.46 bits per heavy atom. The molecule has 0 fully saturated rings. The molecule has 194 valence electrons. The summed E-state index contributed by atoms with van der Waals surface area (Å²) in [6, 6.07) is 13.1. The maximum absolute atomic E-state index is 13.7. The van der Waals surface area contributed by atoms with Gasteiger partial charge in [-0.2, -0.15) is 0 Å². The van der Waals surface area contributed by atoms with Gasteiger partial charge in [-0.05, 0) is 23.0 Å². The average molecular weight is 521 g/mol. The maximum Gasteiger partial charge on any atom is 0.165 e. The molecule has 0 unspecified atom stereocenters. The van der Waals surface area contributed by atoms with Crippen LogP contribution in [0.4, 0.5) is 0 Å². The van der Waals surface area contributed by atoms with E-state index in [0.717, 1.165) is 11.1 Å². The molecule has 0 atom stereocenters. The number of ether oxygens (including phenoxy) is 3. The minimum atomic E-state index is -0.567. The molecule has 0 aromatic heterocycles. The summed E-state index contributed by atoms with van der Waals surface area (Å²) in [6.45, 7) is 8.54. The van der Waals surface area contributed by atoms with Crippen LogP contribution in [0.3, 0.4) is 0 Å². The summed E-state index contributed by atoms with van der Waals surface area (Å²) in [5.74, 6) is 1.85.